The second kappa shape index (κ2) is 8.17. The molecule has 4 nitrogen and oxygen atoms in total. The molecule has 1 aliphatic carbocycles. The number of amides is 1. The van der Waals surface area contributed by atoms with Gasteiger partial charge in [0.25, 0.3) is 0 Å². The van der Waals surface area contributed by atoms with Crippen molar-refractivity contribution >= 4 is 6.09 Å². The topological polar surface area (TPSA) is 78.3 Å². The van der Waals surface area contributed by atoms with Gasteiger partial charge in [0, 0.05) is 5.92 Å². The van der Waals surface area contributed by atoms with Crippen molar-refractivity contribution in [2.24, 2.45) is 11.5 Å². The molecule has 25 heavy (non-hydrogen) atoms. The predicted molar refractivity (Wildman–Crippen MR) is 100 cm³/mol. The lowest BCUT2D eigenvalue weighted by atomic mass is 9.89. The third kappa shape index (κ3) is 4.02. The summed E-state index contributed by atoms with van der Waals surface area (Å²) in [5.74, 6) is 0.242. The average Bonchev–Trinajstić information content (AvgIpc) is 2.93. The molecule has 132 valence electrons. The Hall–Kier alpha value is -2.33. The molecule has 0 spiro atoms. The third-order valence-electron chi connectivity index (χ3n) is 4.97. The van der Waals surface area contributed by atoms with E-state index in [1.807, 2.05) is 0 Å². The molecule has 0 bridgehead atoms. The van der Waals surface area contributed by atoms with Crippen LogP contribution < -0.4 is 11.5 Å². The molecule has 3 rings (SSSR count). The van der Waals surface area contributed by atoms with Gasteiger partial charge in [-0.2, -0.15) is 0 Å². The zero-order valence-corrected chi connectivity index (χ0v) is 14.5. The van der Waals surface area contributed by atoms with Crippen molar-refractivity contribution in [3.05, 3.63) is 59.7 Å². The SMILES string of the molecule is NCCCCCC(CC1c2ccccc2-c2ccccc21)OC(N)=O. The maximum Gasteiger partial charge on any atom is 0.404 e. The number of hydrogen-bond acceptors (Lipinski definition) is 3. The van der Waals surface area contributed by atoms with E-state index in [2.05, 4.69) is 48.5 Å². The van der Waals surface area contributed by atoms with E-state index in [4.69, 9.17) is 16.2 Å². The molecule has 1 atom stereocenters. The van der Waals surface area contributed by atoms with Crippen LogP contribution in [0.15, 0.2) is 48.5 Å². The van der Waals surface area contributed by atoms with Crippen LogP contribution in [0.2, 0.25) is 0 Å². The van der Waals surface area contributed by atoms with Crippen LogP contribution in [0.1, 0.15) is 49.1 Å². The first-order valence-corrected chi connectivity index (χ1v) is 9.05. The summed E-state index contributed by atoms with van der Waals surface area (Å²) in [5.41, 5.74) is 16.0. The highest BCUT2D eigenvalue weighted by molar-refractivity contribution is 5.78. The Kier molecular flexibility index (Phi) is 5.71. The molecule has 2 aromatic carbocycles. The summed E-state index contributed by atoms with van der Waals surface area (Å²) in [6, 6.07) is 17.0. The molecule has 0 aliphatic heterocycles. The van der Waals surface area contributed by atoms with Gasteiger partial charge < -0.3 is 16.2 Å². The van der Waals surface area contributed by atoms with E-state index in [1.165, 1.54) is 22.3 Å². The van der Waals surface area contributed by atoms with Crippen LogP contribution in [0.3, 0.4) is 0 Å². The molecule has 0 saturated carbocycles. The van der Waals surface area contributed by atoms with Gasteiger partial charge in [0.05, 0.1) is 0 Å². The summed E-state index contributed by atoms with van der Waals surface area (Å²) in [6.45, 7) is 0.699. The molecule has 1 unspecified atom stereocenters. The van der Waals surface area contributed by atoms with Gasteiger partial charge >= 0.3 is 6.09 Å². The second-order valence-corrected chi connectivity index (χ2v) is 6.66. The largest absolute Gasteiger partial charge is 0.446 e. The van der Waals surface area contributed by atoms with Gasteiger partial charge in [-0.3, -0.25) is 0 Å². The van der Waals surface area contributed by atoms with Crippen molar-refractivity contribution in [1.29, 1.82) is 0 Å². The molecular weight excluding hydrogens is 312 g/mol. The highest BCUT2D eigenvalue weighted by Crippen LogP contribution is 2.47. The quantitative estimate of drug-likeness (QED) is 0.709. The summed E-state index contributed by atoms with van der Waals surface area (Å²) >= 11 is 0. The van der Waals surface area contributed by atoms with E-state index in [1.54, 1.807) is 0 Å². The molecule has 1 amide bonds. The number of carbonyl (C=O) groups is 1. The molecule has 0 aromatic heterocycles. The predicted octanol–water partition coefficient (Wildman–Crippen LogP) is 4.17. The fourth-order valence-electron chi connectivity index (χ4n) is 3.86. The minimum absolute atomic E-state index is 0.167. The van der Waals surface area contributed by atoms with Crippen LogP contribution in [0, 0.1) is 0 Å². The summed E-state index contributed by atoms with van der Waals surface area (Å²) in [4.78, 5) is 11.3. The lowest BCUT2D eigenvalue weighted by Gasteiger charge is -2.22. The van der Waals surface area contributed by atoms with Crippen molar-refractivity contribution in [1.82, 2.24) is 0 Å². The number of fused-ring (bicyclic) bond motifs is 3. The van der Waals surface area contributed by atoms with Crippen LogP contribution in [0.5, 0.6) is 0 Å². The van der Waals surface area contributed by atoms with Gasteiger partial charge in [-0.05, 0) is 54.5 Å². The number of nitrogens with two attached hydrogens (primary N) is 2. The van der Waals surface area contributed by atoms with Gasteiger partial charge in [-0.15, -0.1) is 0 Å². The molecule has 0 fully saturated rings. The Bertz CT molecular complexity index is 684. The first-order valence-electron chi connectivity index (χ1n) is 9.05. The Morgan fingerprint density at radius 3 is 2.12 bits per heavy atom. The highest BCUT2D eigenvalue weighted by atomic mass is 16.6. The normalized spacial score (nSPS) is 14.0. The molecule has 4 N–H and O–H groups in total. The first-order chi connectivity index (χ1) is 12.2. The zero-order chi connectivity index (χ0) is 17.6. The number of carbonyl (C=O) groups excluding carboxylic acids is 1. The first kappa shape index (κ1) is 17.5. The van der Waals surface area contributed by atoms with E-state index in [0.29, 0.717) is 6.54 Å². The zero-order valence-electron chi connectivity index (χ0n) is 14.5. The van der Waals surface area contributed by atoms with Crippen LogP contribution in [0.4, 0.5) is 4.79 Å². The Labute approximate surface area is 149 Å². The summed E-state index contributed by atoms with van der Waals surface area (Å²) in [5, 5.41) is 0. The Morgan fingerprint density at radius 1 is 0.960 bits per heavy atom. The molecule has 0 radical (unpaired) electrons. The summed E-state index contributed by atoms with van der Waals surface area (Å²) in [6.07, 6.45) is 3.77. The van der Waals surface area contributed by atoms with Crippen molar-refractivity contribution in [3.8, 4) is 11.1 Å². The highest BCUT2D eigenvalue weighted by Gasteiger charge is 2.30. The fraction of sp³-hybridized carbons (Fsp3) is 0.381. The minimum atomic E-state index is -0.691. The maximum atomic E-state index is 11.3. The van der Waals surface area contributed by atoms with Crippen LogP contribution in [-0.4, -0.2) is 18.7 Å². The number of benzene rings is 2. The van der Waals surface area contributed by atoms with Crippen molar-refractivity contribution in [2.75, 3.05) is 6.54 Å². The van der Waals surface area contributed by atoms with Crippen LogP contribution >= 0.6 is 0 Å². The number of primary amides is 1. The van der Waals surface area contributed by atoms with Crippen LogP contribution in [0.25, 0.3) is 11.1 Å². The van der Waals surface area contributed by atoms with E-state index < -0.39 is 6.09 Å². The minimum Gasteiger partial charge on any atom is -0.446 e. The number of rotatable bonds is 8. The van der Waals surface area contributed by atoms with Crippen molar-refractivity contribution < 1.29 is 9.53 Å². The monoisotopic (exact) mass is 338 g/mol. The summed E-state index contributed by atoms with van der Waals surface area (Å²) < 4.78 is 5.43. The number of hydrogen-bond donors (Lipinski definition) is 2. The molecule has 2 aromatic rings. The lowest BCUT2D eigenvalue weighted by Crippen LogP contribution is -2.24. The van der Waals surface area contributed by atoms with Gasteiger partial charge in [-0.25, -0.2) is 4.79 Å². The molecule has 1 aliphatic rings. The van der Waals surface area contributed by atoms with E-state index in [9.17, 15) is 4.79 Å². The van der Waals surface area contributed by atoms with E-state index >= 15 is 0 Å². The number of unbranched alkanes of at least 4 members (excludes halogenated alkanes) is 2. The van der Waals surface area contributed by atoms with Gasteiger partial charge in [0.1, 0.15) is 6.10 Å². The smallest absolute Gasteiger partial charge is 0.404 e. The standard InChI is InChI=1S/C21H26N2O2/c22-13-7-1-2-8-15(25-21(23)24)14-20-18-11-5-3-9-16(18)17-10-4-6-12-19(17)20/h3-6,9-12,15,20H,1-2,7-8,13-14,22H2,(H2,23,24). The lowest BCUT2D eigenvalue weighted by molar-refractivity contribution is 0.0917. The van der Waals surface area contributed by atoms with E-state index in [-0.39, 0.29) is 12.0 Å². The molecular formula is C21H26N2O2. The molecule has 0 saturated heterocycles. The van der Waals surface area contributed by atoms with Crippen molar-refractivity contribution in [3.63, 3.8) is 0 Å². The summed E-state index contributed by atoms with van der Waals surface area (Å²) in [7, 11) is 0. The van der Waals surface area contributed by atoms with Crippen LogP contribution in [-0.2, 0) is 4.74 Å². The second-order valence-electron chi connectivity index (χ2n) is 6.66. The number of ether oxygens (including phenoxy) is 1. The Morgan fingerprint density at radius 2 is 1.56 bits per heavy atom. The van der Waals surface area contributed by atoms with Gasteiger partial charge in [0.2, 0.25) is 0 Å². The van der Waals surface area contributed by atoms with Gasteiger partial charge in [0.15, 0.2) is 0 Å². The maximum absolute atomic E-state index is 11.3. The Balaban J connectivity index is 1.80. The van der Waals surface area contributed by atoms with Crippen molar-refractivity contribution in [2.45, 2.75) is 44.1 Å². The molecule has 4 heteroatoms. The average molecular weight is 338 g/mol. The third-order valence-corrected chi connectivity index (χ3v) is 4.97. The molecule has 0 heterocycles. The fourth-order valence-corrected chi connectivity index (χ4v) is 3.86. The van der Waals surface area contributed by atoms with E-state index in [0.717, 1.165) is 32.1 Å². The van der Waals surface area contributed by atoms with Gasteiger partial charge in [-0.1, -0.05) is 55.0 Å².